The van der Waals surface area contributed by atoms with Crippen molar-refractivity contribution >= 4 is 29.9 Å². The first-order valence-corrected chi connectivity index (χ1v) is 12.0. The molecule has 0 aliphatic carbocycles. The normalized spacial score (nSPS) is 20.4. The van der Waals surface area contributed by atoms with E-state index in [-0.39, 0.29) is 24.0 Å². The highest BCUT2D eigenvalue weighted by Gasteiger charge is 2.17. The number of benzene rings is 1. The van der Waals surface area contributed by atoms with Crippen LogP contribution in [0.15, 0.2) is 29.3 Å². The van der Waals surface area contributed by atoms with Crippen molar-refractivity contribution < 1.29 is 9.47 Å². The number of hydrogen-bond acceptors (Lipinski definition) is 5. The molecule has 8 heteroatoms. The van der Waals surface area contributed by atoms with Gasteiger partial charge in [0, 0.05) is 57.9 Å². The van der Waals surface area contributed by atoms with Crippen LogP contribution in [0.3, 0.4) is 0 Å². The van der Waals surface area contributed by atoms with Gasteiger partial charge in [-0.2, -0.15) is 0 Å². The third-order valence-corrected chi connectivity index (χ3v) is 6.27. The molecule has 0 radical (unpaired) electrons. The van der Waals surface area contributed by atoms with E-state index in [1.165, 1.54) is 25.8 Å². The summed E-state index contributed by atoms with van der Waals surface area (Å²) in [6, 6.07) is 8.98. The Hall–Kier alpha value is -1.10. The molecule has 0 amide bonds. The van der Waals surface area contributed by atoms with Crippen molar-refractivity contribution in [2.45, 2.75) is 45.2 Å². The van der Waals surface area contributed by atoms with Crippen LogP contribution in [0.1, 0.15) is 38.2 Å². The Bertz CT molecular complexity index is 670. The van der Waals surface area contributed by atoms with Crippen LogP contribution >= 0.6 is 24.0 Å². The fraction of sp³-hybridized carbons (Fsp3) is 0.708. The van der Waals surface area contributed by atoms with E-state index in [4.69, 9.17) is 9.47 Å². The number of guanidine groups is 1. The molecule has 1 aromatic carbocycles. The smallest absolute Gasteiger partial charge is 0.191 e. The quantitative estimate of drug-likeness (QED) is 0.199. The average molecular weight is 560 g/mol. The Morgan fingerprint density at radius 1 is 1.12 bits per heavy atom. The Balaban J connectivity index is 0.00000363. The lowest BCUT2D eigenvalue weighted by molar-refractivity contribution is 0.0322. The molecule has 2 fully saturated rings. The highest BCUT2D eigenvalue weighted by molar-refractivity contribution is 14.0. The van der Waals surface area contributed by atoms with Gasteiger partial charge in [0.05, 0.1) is 13.2 Å². The maximum atomic E-state index is 6.09. The Kier molecular flexibility index (Phi) is 13.3. The molecule has 2 aliphatic rings. The number of aliphatic imine (C=N–C) groups is 1. The second kappa shape index (κ2) is 15.7. The number of rotatable bonds is 10. The summed E-state index contributed by atoms with van der Waals surface area (Å²) in [7, 11) is 1.83. The number of morpholine rings is 1. The van der Waals surface area contributed by atoms with E-state index >= 15 is 0 Å². The second-order valence-electron chi connectivity index (χ2n) is 8.50. The van der Waals surface area contributed by atoms with Crippen LogP contribution in [-0.4, -0.2) is 87.9 Å². The number of para-hydroxylation sites is 1. The van der Waals surface area contributed by atoms with Crippen molar-refractivity contribution in [3.05, 3.63) is 29.8 Å². The van der Waals surface area contributed by atoms with Gasteiger partial charge in [-0.1, -0.05) is 24.6 Å². The largest absolute Gasteiger partial charge is 0.492 e. The standard InChI is InChI=1S/C24H41N5O2.HI/c1-21-8-5-6-12-29(21)13-7-11-26-24(25-2)27-20-22-9-3-4-10-23(22)31-19-16-28-14-17-30-18-15-28;/h3-4,9-10,21H,5-8,11-20H2,1-2H3,(H2,25,26,27);1H. The van der Waals surface area contributed by atoms with Crippen molar-refractivity contribution in [1.29, 1.82) is 0 Å². The second-order valence-corrected chi connectivity index (χ2v) is 8.50. The summed E-state index contributed by atoms with van der Waals surface area (Å²) in [4.78, 5) is 9.38. The van der Waals surface area contributed by atoms with E-state index < -0.39 is 0 Å². The number of nitrogens with zero attached hydrogens (tertiary/aromatic N) is 3. The van der Waals surface area contributed by atoms with Gasteiger partial charge in [0.15, 0.2) is 5.96 Å². The van der Waals surface area contributed by atoms with Crippen LogP contribution in [0.5, 0.6) is 5.75 Å². The monoisotopic (exact) mass is 559 g/mol. The number of piperidine rings is 1. The van der Waals surface area contributed by atoms with E-state index in [0.29, 0.717) is 13.2 Å². The van der Waals surface area contributed by atoms with Crippen molar-refractivity contribution in [3.8, 4) is 5.75 Å². The molecule has 2 saturated heterocycles. The molecule has 0 aromatic heterocycles. The minimum atomic E-state index is 0. The van der Waals surface area contributed by atoms with Crippen LogP contribution in [0.2, 0.25) is 0 Å². The molecule has 32 heavy (non-hydrogen) atoms. The van der Waals surface area contributed by atoms with Gasteiger partial charge in [0.2, 0.25) is 0 Å². The molecule has 3 rings (SSSR count). The molecule has 182 valence electrons. The molecule has 1 aromatic rings. The third kappa shape index (κ3) is 9.41. The zero-order valence-corrected chi connectivity index (χ0v) is 22.2. The van der Waals surface area contributed by atoms with Gasteiger partial charge in [-0.05, 0) is 38.8 Å². The third-order valence-electron chi connectivity index (χ3n) is 6.27. The van der Waals surface area contributed by atoms with Gasteiger partial charge < -0.3 is 25.0 Å². The summed E-state index contributed by atoms with van der Waals surface area (Å²) >= 11 is 0. The zero-order valence-electron chi connectivity index (χ0n) is 19.9. The van der Waals surface area contributed by atoms with Gasteiger partial charge in [0.1, 0.15) is 12.4 Å². The Morgan fingerprint density at radius 2 is 1.94 bits per heavy atom. The summed E-state index contributed by atoms with van der Waals surface area (Å²) in [6.07, 6.45) is 5.19. The van der Waals surface area contributed by atoms with E-state index in [2.05, 4.69) is 44.5 Å². The fourth-order valence-corrected chi connectivity index (χ4v) is 4.28. The lowest BCUT2D eigenvalue weighted by Crippen LogP contribution is -2.41. The molecule has 0 spiro atoms. The fourth-order valence-electron chi connectivity index (χ4n) is 4.28. The molecular weight excluding hydrogens is 517 g/mol. The SMILES string of the molecule is CN=C(NCCCN1CCCCC1C)NCc1ccccc1OCCN1CCOCC1.I. The lowest BCUT2D eigenvalue weighted by Gasteiger charge is -2.33. The predicted octanol–water partition coefficient (Wildman–Crippen LogP) is 2.95. The van der Waals surface area contributed by atoms with Crippen molar-refractivity contribution in [2.75, 3.05) is 66.1 Å². The van der Waals surface area contributed by atoms with Gasteiger partial charge in [-0.15, -0.1) is 24.0 Å². The summed E-state index contributed by atoms with van der Waals surface area (Å²) in [5.41, 5.74) is 1.15. The first-order chi connectivity index (χ1) is 15.3. The van der Waals surface area contributed by atoms with E-state index in [9.17, 15) is 0 Å². The van der Waals surface area contributed by atoms with Crippen molar-refractivity contribution in [2.24, 2.45) is 4.99 Å². The van der Waals surface area contributed by atoms with Crippen molar-refractivity contribution in [1.82, 2.24) is 20.4 Å². The number of nitrogens with one attached hydrogen (secondary N) is 2. The summed E-state index contributed by atoms with van der Waals surface area (Å²) in [5.74, 6) is 1.78. The highest BCUT2D eigenvalue weighted by Crippen LogP contribution is 2.18. The number of ether oxygens (including phenoxy) is 2. The van der Waals surface area contributed by atoms with Gasteiger partial charge in [0.25, 0.3) is 0 Å². The van der Waals surface area contributed by atoms with Gasteiger partial charge >= 0.3 is 0 Å². The van der Waals surface area contributed by atoms with Crippen molar-refractivity contribution in [3.63, 3.8) is 0 Å². The Labute approximate surface area is 211 Å². The van der Waals surface area contributed by atoms with E-state index in [1.807, 2.05) is 19.2 Å². The predicted molar refractivity (Wildman–Crippen MR) is 142 cm³/mol. The van der Waals surface area contributed by atoms with E-state index in [1.54, 1.807) is 0 Å². The molecule has 7 nitrogen and oxygen atoms in total. The van der Waals surface area contributed by atoms with Crippen LogP contribution < -0.4 is 15.4 Å². The number of hydrogen-bond donors (Lipinski definition) is 2. The Morgan fingerprint density at radius 3 is 2.72 bits per heavy atom. The lowest BCUT2D eigenvalue weighted by atomic mass is 10.0. The first-order valence-electron chi connectivity index (χ1n) is 12.0. The van der Waals surface area contributed by atoms with E-state index in [0.717, 1.165) is 75.7 Å². The van der Waals surface area contributed by atoms with Gasteiger partial charge in [-0.25, -0.2) is 0 Å². The highest BCUT2D eigenvalue weighted by atomic mass is 127. The maximum Gasteiger partial charge on any atom is 0.191 e. The maximum absolute atomic E-state index is 6.09. The van der Waals surface area contributed by atoms with Gasteiger partial charge in [-0.3, -0.25) is 9.89 Å². The van der Waals surface area contributed by atoms with Crippen LogP contribution in [0.4, 0.5) is 0 Å². The molecule has 0 saturated carbocycles. The zero-order chi connectivity index (χ0) is 21.7. The van der Waals surface area contributed by atoms with Crippen LogP contribution in [0.25, 0.3) is 0 Å². The molecular formula is C24H42IN5O2. The molecule has 0 bridgehead atoms. The summed E-state index contributed by atoms with van der Waals surface area (Å²) < 4.78 is 11.5. The number of likely N-dealkylation sites (tertiary alicyclic amines) is 1. The minimum absolute atomic E-state index is 0. The summed E-state index contributed by atoms with van der Waals surface area (Å²) in [6.45, 7) is 11.6. The molecule has 1 unspecified atom stereocenters. The topological polar surface area (TPSA) is 61.4 Å². The molecule has 2 aliphatic heterocycles. The summed E-state index contributed by atoms with van der Waals surface area (Å²) in [5, 5.41) is 6.88. The molecule has 2 N–H and O–H groups in total. The molecule has 1 atom stereocenters. The van der Waals surface area contributed by atoms with Crippen LogP contribution in [0, 0.1) is 0 Å². The van der Waals surface area contributed by atoms with Crippen LogP contribution in [-0.2, 0) is 11.3 Å². The minimum Gasteiger partial charge on any atom is -0.492 e. The number of halogens is 1. The molecule has 2 heterocycles. The average Bonchev–Trinajstić information content (AvgIpc) is 2.81. The first kappa shape index (κ1) is 27.1.